The molecule has 3 atom stereocenters. The number of carboxylic acid groups (broad SMARTS) is 1. The van der Waals surface area contributed by atoms with Crippen LogP contribution in [0.1, 0.15) is 52.4 Å². The summed E-state index contributed by atoms with van der Waals surface area (Å²) in [5.74, 6) is -1.95. The van der Waals surface area contributed by atoms with Crippen LogP contribution < -0.4 is 10.6 Å². The number of hydrogen-bond acceptors (Lipinski definition) is 9. The van der Waals surface area contributed by atoms with Crippen molar-refractivity contribution in [2.24, 2.45) is 5.92 Å². The molecule has 4 rings (SSSR count). The van der Waals surface area contributed by atoms with Gasteiger partial charge in [0.2, 0.25) is 15.9 Å². The van der Waals surface area contributed by atoms with E-state index in [0.717, 1.165) is 4.31 Å². The molecule has 1 aromatic carbocycles. The zero-order chi connectivity index (χ0) is 37.3. The monoisotopic (exact) mass is 776 g/mol. The fourth-order valence-corrected chi connectivity index (χ4v) is 8.86. The van der Waals surface area contributed by atoms with Crippen LogP contribution in [-0.4, -0.2) is 140 Å². The smallest absolute Gasteiger partial charge is 0.409 e. The van der Waals surface area contributed by atoms with Gasteiger partial charge in [0.05, 0.1) is 24.2 Å². The number of likely N-dealkylation sites (tertiary alicyclic amines) is 1. The quantitative estimate of drug-likeness (QED) is 0.284. The molecule has 16 nitrogen and oxygen atoms in total. The summed E-state index contributed by atoms with van der Waals surface area (Å²) in [6.07, 6.45) is 1.83. The van der Waals surface area contributed by atoms with Crippen molar-refractivity contribution in [2.75, 3.05) is 59.0 Å². The van der Waals surface area contributed by atoms with Gasteiger partial charge in [-0.3, -0.25) is 4.79 Å². The van der Waals surface area contributed by atoms with Crippen molar-refractivity contribution in [1.82, 2.24) is 29.6 Å². The maximum atomic E-state index is 13.4. The molecule has 1 aromatic rings. The second-order valence-electron chi connectivity index (χ2n) is 12.7. The van der Waals surface area contributed by atoms with Gasteiger partial charge in [0.25, 0.3) is 0 Å². The van der Waals surface area contributed by atoms with Crippen LogP contribution in [0.2, 0.25) is 10.0 Å². The van der Waals surface area contributed by atoms with Gasteiger partial charge in [-0.1, -0.05) is 30.1 Å². The van der Waals surface area contributed by atoms with Gasteiger partial charge in [-0.05, 0) is 69.6 Å². The Balaban J connectivity index is 1.24. The van der Waals surface area contributed by atoms with Gasteiger partial charge in [-0.2, -0.15) is 4.31 Å². The first-order chi connectivity index (χ1) is 24.2. The molecule has 0 saturated carbocycles. The molecule has 51 heavy (non-hydrogen) atoms. The fraction of sp³-hybridized carbons (Fsp3) is 0.656. The standard InChI is InChI=1S/C32H46Cl2N6O10S/c1-3-25(27(29(42)43)36-28(41)26-6-5-10-40(26)51(47,48)24-19-22(33)18-23(34)20-24)35-30(44)37-11-7-21(8-12-37)9-17-50-32(46)39-15-13-38(14-16-39)31(45)49-4-2/h18-21,25-27H,3-17H2,1-2H3,(H,35,44)(H,36,41)(H,42,43)/t25?,26-,27-/m0/s1. The predicted molar refractivity (Wildman–Crippen MR) is 186 cm³/mol. The van der Waals surface area contributed by atoms with Crippen LogP contribution in [0.5, 0.6) is 0 Å². The van der Waals surface area contributed by atoms with Crippen molar-refractivity contribution in [3.63, 3.8) is 0 Å². The molecule has 3 aliphatic rings. The van der Waals surface area contributed by atoms with Gasteiger partial charge < -0.3 is 39.9 Å². The Kier molecular flexibility index (Phi) is 14.4. The number of carbonyl (C=O) groups is 5. The molecule has 1 unspecified atom stereocenters. The number of rotatable bonds is 12. The molecular weight excluding hydrogens is 731 g/mol. The van der Waals surface area contributed by atoms with Gasteiger partial charge in [-0.25, -0.2) is 27.6 Å². The number of ether oxygens (including phenoxy) is 2. The zero-order valence-electron chi connectivity index (χ0n) is 28.7. The maximum Gasteiger partial charge on any atom is 0.409 e. The first-order valence-corrected chi connectivity index (χ1v) is 19.3. The number of hydrogen-bond donors (Lipinski definition) is 3. The number of aliphatic carboxylic acids is 1. The van der Waals surface area contributed by atoms with E-state index in [1.165, 1.54) is 18.2 Å². The number of amides is 5. The molecule has 0 aliphatic carbocycles. The Morgan fingerprint density at radius 2 is 1.43 bits per heavy atom. The van der Waals surface area contributed by atoms with Crippen LogP contribution in [0.25, 0.3) is 0 Å². The van der Waals surface area contributed by atoms with E-state index in [1.54, 1.807) is 28.5 Å². The first kappa shape index (κ1) is 40.2. The summed E-state index contributed by atoms with van der Waals surface area (Å²) in [6.45, 7) is 6.24. The lowest BCUT2D eigenvalue weighted by atomic mass is 9.94. The summed E-state index contributed by atoms with van der Waals surface area (Å²) in [5, 5.41) is 15.5. The average molecular weight is 778 g/mol. The predicted octanol–water partition coefficient (Wildman–Crippen LogP) is 3.22. The van der Waals surface area contributed by atoms with Crippen molar-refractivity contribution in [3.05, 3.63) is 28.2 Å². The molecule has 0 spiro atoms. The number of piperidine rings is 1. The number of nitrogens with one attached hydrogen (secondary N) is 2. The number of carboxylic acids is 1. The molecule has 3 saturated heterocycles. The number of halogens is 2. The van der Waals surface area contributed by atoms with Crippen LogP contribution in [0.4, 0.5) is 14.4 Å². The van der Waals surface area contributed by atoms with E-state index in [9.17, 15) is 37.5 Å². The number of sulfonamides is 1. The van der Waals surface area contributed by atoms with Crippen LogP contribution in [0.15, 0.2) is 23.1 Å². The highest BCUT2D eigenvalue weighted by molar-refractivity contribution is 7.89. The van der Waals surface area contributed by atoms with Crippen molar-refractivity contribution in [2.45, 2.75) is 75.4 Å². The molecule has 0 aromatic heterocycles. The summed E-state index contributed by atoms with van der Waals surface area (Å²) in [7, 11) is -4.18. The van der Waals surface area contributed by atoms with Crippen LogP contribution in [0.3, 0.4) is 0 Å². The number of carbonyl (C=O) groups excluding carboxylic acids is 4. The van der Waals surface area contributed by atoms with Crippen LogP contribution in [0, 0.1) is 5.92 Å². The second-order valence-corrected chi connectivity index (χ2v) is 15.4. The summed E-state index contributed by atoms with van der Waals surface area (Å²) in [6, 6.07) is -0.282. The van der Waals surface area contributed by atoms with E-state index in [-0.39, 0.29) is 53.5 Å². The molecule has 19 heteroatoms. The Morgan fingerprint density at radius 3 is 1.98 bits per heavy atom. The average Bonchev–Trinajstić information content (AvgIpc) is 3.61. The topological polar surface area (TPSA) is 195 Å². The minimum Gasteiger partial charge on any atom is -0.480 e. The van der Waals surface area contributed by atoms with E-state index >= 15 is 0 Å². The first-order valence-electron chi connectivity index (χ1n) is 17.1. The fourth-order valence-electron chi connectivity index (χ4n) is 6.47. The molecule has 5 amide bonds. The minimum absolute atomic E-state index is 0.0461. The summed E-state index contributed by atoms with van der Waals surface area (Å²) in [4.78, 5) is 67.8. The molecule has 0 radical (unpaired) electrons. The Bertz CT molecular complexity index is 1520. The Labute approximate surface area is 307 Å². The Hall–Kier alpha value is -3.54. The molecular formula is C32H46Cl2N6O10S. The largest absolute Gasteiger partial charge is 0.480 e. The third-order valence-electron chi connectivity index (χ3n) is 9.38. The summed E-state index contributed by atoms with van der Waals surface area (Å²) >= 11 is 12.0. The third kappa shape index (κ3) is 10.5. The number of benzene rings is 1. The molecule has 3 fully saturated rings. The minimum atomic E-state index is -4.18. The van der Waals surface area contributed by atoms with E-state index in [4.69, 9.17) is 32.7 Å². The highest BCUT2D eigenvalue weighted by Gasteiger charge is 2.42. The van der Waals surface area contributed by atoms with E-state index in [0.29, 0.717) is 65.0 Å². The van der Waals surface area contributed by atoms with Crippen molar-refractivity contribution in [1.29, 1.82) is 0 Å². The summed E-state index contributed by atoms with van der Waals surface area (Å²) < 4.78 is 38.3. The van der Waals surface area contributed by atoms with E-state index < -0.39 is 58.2 Å². The van der Waals surface area contributed by atoms with Gasteiger partial charge >= 0.3 is 24.2 Å². The highest BCUT2D eigenvalue weighted by Crippen LogP contribution is 2.30. The lowest BCUT2D eigenvalue weighted by molar-refractivity contribution is -0.143. The number of piperazine rings is 1. The maximum absolute atomic E-state index is 13.4. The van der Waals surface area contributed by atoms with Crippen molar-refractivity contribution < 1.29 is 47.0 Å². The van der Waals surface area contributed by atoms with E-state index in [1.807, 2.05) is 0 Å². The molecule has 3 heterocycles. The van der Waals surface area contributed by atoms with Gasteiger partial charge in [0.15, 0.2) is 0 Å². The van der Waals surface area contributed by atoms with Gasteiger partial charge in [0.1, 0.15) is 12.1 Å². The second kappa shape index (κ2) is 18.3. The number of nitrogens with zero attached hydrogens (tertiary/aromatic N) is 4. The molecule has 3 N–H and O–H groups in total. The summed E-state index contributed by atoms with van der Waals surface area (Å²) in [5.41, 5.74) is 0. The highest BCUT2D eigenvalue weighted by atomic mass is 35.5. The van der Waals surface area contributed by atoms with Gasteiger partial charge in [0, 0.05) is 55.9 Å². The van der Waals surface area contributed by atoms with Gasteiger partial charge in [-0.15, -0.1) is 0 Å². The number of urea groups is 1. The van der Waals surface area contributed by atoms with Crippen LogP contribution in [-0.2, 0) is 29.1 Å². The SMILES string of the molecule is CCOC(=O)N1CCN(C(=O)OCCC2CCN(C(=O)NC(CC)[C@H](NC(=O)[C@@H]3CCCN3S(=O)(=O)c3cc(Cl)cc(Cl)c3)C(=O)O)CC2)CC1. The van der Waals surface area contributed by atoms with Crippen molar-refractivity contribution in [3.8, 4) is 0 Å². The molecule has 3 aliphatic heterocycles. The normalized spacial score (nSPS) is 20.0. The molecule has 0 bridgehead atoms. The van der Waals surface area contributed by atoms with Crippen LogP contribution >= 0.6 is 23.2 Å². The Morgan fingerprint density at radius 1 is 0.843 bits per heavy atom. The molecule has 284 valence electrons. The lowest BCUT2D eigenvalue weighted by Crippen LogP contribution is -2.60. The van der Waals surface area contributed by atoms with Crippen molar-refractivity contribution >= 4 is 63.3 Å². The third-order valence-corrected chi connectivity index (χ3v) is 11.7. The lowest BCUT2D eigenvalue weighted by Gasteiger charge is -2.35. The zero-order valence-corrected chi connectivity index (χ0v) is 31.1. The van der Waals surface area contributed by atoms with E-state index in [2.05, 4.69) is 10.6 Å².